The van der Waals surface area contributed by atoms with Crippen LogP contribution in [0.3, 0.4) is 0 Å². The number of hydrogen-bond donors (Lipinski definition) is 2. The van der Waals surface area contributed by atoms with E-state index in [9.17, 15) is 5.11 Å². The minimum atomic E-state index is -0.644. The van der Waals surface area contributed by atoms with Crippen molar-refractivity contribution >= 4 is 17.0 Å². The lowest BCUT2D eigenvalue weighted by Crippen LogP contribution is -2.40. The van der Waals surface area contributed by atoms with Gasteiger partial charge in [-0.1, -0.05) is 30.7 Å². The summed E-state index contributed by atoms with van der Waals surface area (Å²) in [6, 6.07) is 15.9. The molecule has 160 valence electrons. The molecule has 0 bridgehead atoms. The van der Waals surface area contributed by atoms with Crippen molar-refractivity contribution in [3.8, 4) is 5.75 Å². The number of nitrogens with zero attached hydrogens (tertiary/aromatic N) is 3. The van der Waals surface area contributed by atoms with Gasteiger partial charge in [-0.2, -0.15) is 0 Å². The Morgan fingerprint density at radius 1 is 1.03 bits per heavy atom. The third-order valence-electron chi connectivity index (χ3n) is 6.04. The average molecular weight is 410 g/mol. The van der Waals surface area contributed by atoms with Crippen molar-refractivity contribution in [2.75, 3.05) is 32.0 Å². The Kier molecular flexibility index (Phi) is 6.55. The quantitative estimate of drug-likeness (QED) is 0.561. The van der Waals surface area contributed by atoms with Crippen molar-refractivity contribution in [1.29, 1.82) is 0 Å². The maximum absolute atomic E-state index is 10.9. The first-order valence-electron chi connectivity index (χ1n) is 11.1. The SMILES string of the molecule is CCOc1ccc([C@H](O)C[n+]2c(N)n(CCN3CCCCC3)c3ccccc32)cc1. The van der Waals surface area contributed by atoms with Crippen molar-refractivity contribution in [3.63, 3.8) is 0 Å². The number of aliphatic hydroxyl groups is 1. The third kappa shape index (κ3) is 4.45. The van der Waals surface area contributed by atoms with E-state index in [1.165, 1.54) is 32.4 Å². The standard InChI is InChI=1S/C24H32N4O2/c1-2-30-20-12-10-19(11-13-20)23(29)18-28-22-9-5-4-8-21(22)27(24(28)25)17-16-26-14-6-3-7-15-26/h4-5,8-13,23,25,29H,2-3,6-7,14-18H2,1H3/p+1/t23-/m1/s1. The Labute approximate surface area is 178 Å². The summed E-state index contributed by atoms with van der Waals surface area (Å²) in [5.41, 5.74) is 9.63. The molecular weight excluding hydrogens is 376 g/mol. The number of aliphatic hydroxyl groups excluding tert-OH is 1. The van der Waals surface area contributed by atoms with E-state index < -0.39 is 6.10 Å². The third-order valence-corrected chi connectivity index (χ3v) is 6.04. The molecule has 1 saturated heterocycles. The molecular formula is C24H33N4O2+. The fraction of sp³-hybridized carbons (Fsp3) is 0.458. The lowest BCUT2D eigenvalue weighted by Gasteiger charge is -2.25. The largest absolute Gasteiger partial charge is 0.494 e. The summed E-state index contributed by atoms with van der Waals surface area (Å²) >= 11 is 0. The van der Waals surface area contributed by atoms with E-state index in [0.717, 1.165) is 35.4 Å². The number of imidazole rings is 1. The minimum absolute atomic E-state index is 0.414. The predicted octanol–water partition coefficient (Wildman–Crippen LogP) is 3.13. The zero-order valence-corrected chi connectivity index (χ0v) is 17.8. The van der Waals surface area contributed by atoms with Crippen molar-refractivity contribution in [3.05, 3.63) is 54.1 Å². The van der Waals surface area contributed by atoms with Crippen molar-refractivity contribution in [2.45, 2.75) is 45.4 Å². The number of rotatable bonds is 8. The molecule has 1 aliphatic heterocycles. The maximum Gasteiger partial charge on any atom is 0.356 e. The molecule has 1 fully saturated rings. The van der Waals surface area contributed by atoms with Gasteiger partial charge >= 0.3 is 5.95 Å². The molecule has 0 saturated carbocycles. The molecule has 0 unspecified atom stereocenters. The Morgan fingerprint density at radius 2 is 1.77 bits per heavy atom. The molecule has 2 aromatic carbocycles. The van der Waals surface area contributed by atoms with Crippen LogP contribution < -0.4 is 15.0 Å². The van der Waals surface area contributed by atoms with Gasteiger partial charge in [0.15, 0.2) is 0 Å². The van der Waals surface area contributed by atoms with Gasteiger partial charge in [0.1, 0.15) is 29.4 Å². The monoisotopic (exact) mass is 409 g/mol. The topological polar surface area (TPSA) is 67.5 Å². The molecule has 1 aliphatic rings. The fourth-order valence-corrected chi connectivity index (χ4v) is 4.40. The van der Waals surface area contributed by atoms with Crippen LogP contribution in [0.2, 0.25) is 0 Å². The average Bonchev–Trinajstić information content (AvgIpc) is 3.04. The van der Waals surface area contributed by atoms with Gasteiger partial charge in [0.05, 0.1) is 13.2 Å². The summed E-state index contributed by atoms with van der Waals surface area (Å²) in [6.45, 7) is 7.22. The van der Waals surface area contributed by atoms with Crippen LogP contribution in [0.5, 0.6) is 5.75 Å². The van der Waals surface area contributed by atoms with Crippen LogP contribution in [0.1, 0.15) is 37.9 Å². The number of benzene rings is 2. The van der Waals surface area contributed by atoms with Gasteiger partial charge in [-0.3, -0.25) is 5.73 Å². The van der Waals surface area contributed by atoms with Crippen molar-refractivity contribution < 1.29 is 14.4 Å². The second kappa shape index (κ2) is 9.49. The summed E-state index contributed by atoms with van der Waals surface area (Å²) in [5, 5.41) is 10.9. The molecule has 0 amide bonds. The normalized spacial score (nSPS) is 16.1. The Bertz CT molecular complexity index is 961. The number of nitrogen functional groups attached to an aromatic ring is 1. The second-order valence-electron chi connectivity index (χ2n) is 8.03. The molecule has 3 aromatic rings. The fourth-order valence-electron chi connectivity index (χ4n) is 4.40. The number of anilines is 1. The van der Waals surface area contributed by atoms with E-state index in [1.54, 1.807) is 0 Å². The number of fused-ring (bicyclic) bond motifs is 1. The molecule has 6 nitrogen and oxygen atoms in total. The minimum Gasteiger partial charge on any atom is -0.494 e. The predicted molar refractivity (Wildman–Crippen MR) is 119 cm³/mol. The van der Waals surface area contributed by atoms with E-state index in [0.29, 0.717) is 19.1 Å². The van der Waals surface area contributed by atoms with Crippen LogP contribution in [0, 0.1) is 0 Å². The van der Waals surface area contributed by atoms with E-state index in [2.05, 4.69) is 21.6 Å². The highest BCUT2D eigenvalue weighted by Crippen LogP contribution is 2.21. The van der Waals surface area contributed by atoms with Crippen LogP contribution in [-0.4, -0.2) is 40.8 Å². The van der Waals surface area contributed by atoms with Gasteiger partial charge in [0, 0.05) is 6.54 Å². The molecule has 0 spiro atoms. The maximum atomic E-state index is 10.9. The van der Waals surface area contributed by atoms with Gasteiger partial charge in [-0.05, 0) is 62.7 Å². The number of hydrogen-bond acceptors (Lipinski definition) is 4. The molecule has 0 aliphatic carbocycles. The zero-order chi connectivity index (χ0) is 20.9. The summed E-state index contributed by atoms with van der Waals surface area (Å²) in [5.74, 6) is 1.51. The van der Waals surface area contributed by atoms with Crippen LogP contribution in [0.25, 0.3) is 11.0 Å². The summed E-state index contributed by atoms with van der Waals surface area (Å²) in [4.78, 5) is 2.52. The smallest absolute Gasteiger partial charge is 0.356 e. The van der Waals surface area contributed by atoms with Crippen LogP contribution in [-0.2, 0) is 13.1 Å². The Hall–Kier alpha value is -2.57. The van der Waals surface area contributed by atoms with Crippen molar-refractivity contribution in [2.24, 2.45) is 0 Å². The lowest BCUT2D eigenvalue weighted by atomic mass is 10.1. The zero-order valence-electron chi connectivity index (χ0n) is 17.8. The molecule has 1 atom stereocenters. The van der Waals surface area contributed by atoms with Crippen LogP contribution >= 0.6 is 0 Å². The first-order chi connectivity index (χ1) is 14.7. The molecule has 0 radical (unpaired) electrons. The number of likely N-dealkylation sites (tertiary alicyclic amines) is 1. The molecule has 2 heterocycles. The summed E-state index contributed by atoms with van der Waals surface area (Å²) in [7, 11) is 0. The molecule has 30 heavy (non-hydrogen) atoms. The number of para-hydroxylation sites is 2. The highest BCUT2D eigenvalue weighted by atomic mass is 16.5. The van der Waals surface area contributed by atoms with E-state index in [4.69, 9.17) is 10.5 Å². The number of piperidine rings is 1. The highest BCUT2D eigenvalue weighted by Gasteiger charge is 2.24. The van der Waals surface area contributed by atoms with E-state index in [1.807, 2.05) is 47.9 Å². The Morgan fingerprint density at radius 3 is 2.50 bits per heavy atom. The first-order valence-corrected chi connectivity index (χ1v) is 11.1. The van der Waals surface area contributed by atoms with Gasteiger partial charge in [-0.25, -0.2) is 9.13 Å². The molecule has 3 N–H and O–H groups in total. The van der Waals surface area contributed by atoms with Gasteiger partial charge in [0.25, 0.3) is 0 Å². The van der Waals surface area contributed by atoms with Gasteiger partial charge < -0.3 is 14.7 Å². The first kappa shape index (κ1) is 20.7. The number of nitrogens with two attached hydrogens (primary N) is 1. The lowest BCUT2D eigenvalue weighted by molar-refractivity contribution is -0.666. The summed E-state index contributed by atoms with van der Waals surface area (Å²) < 4.78 is 9.73. The molecule has 4 rings (SSSR count). The van der Waals surface area contributed by atoms with Crippen LogP contribution in [0.4, 0.5) is 5.95 Å². The highest BCUT2D eigenvalue weighted by molar-refractivity contribution is 5.73. The molecule has 1 aromatic heterocycles. The molecule has 6 heteroatoms. The Balaban J connectivity index is 1.55. The van der Waals surface area contributed by atoms with Gasteiger partial charge in [0.2, 0.25) is 0 Å². The summed E-state index contributed by atoms with van der Waals surface area (Å²) in [6.07, 6.45) is 3.27. The van der Waals surface area contributed by atoms with Gasteiger partial charge in [-0.15, -0.1) is 0 Å². The number of aromatic nitrogens is 2. The van der Waals surface area contributed by atoms with E-state index >= 15 is 0 Å². The van der Waals surface area contributed by atoms with E-state index in [-0.39, 0.29) is 0 Å². The second-order valence-corrected chi connectivity index (χ2v) is 8.03. The van der Waals surface area contributed by atoms with Crippen LogP contribution in [0.15, 0.2) is 48.5 Å². The van der Waals surface area contributed by atoms with Crippen molar-refractivity contribution in [1.82, 2.24) is 9.47 Å². The number of ether oxygens (including phenoxy) is 1.